The van der Waals surface area contributed by atoms with Crippen molar-refractivity contribution in [2.24, 2.45) is 10.8 Å². The predicted molar refractivity (Wildman–Crippen MR) is 237 cm³/mol. The summed E-state index contributed by atoms with van der Waals surface area (Å²) >= 11 is 0. The van der Waals surface area contributed by atoms with Crippen LogP contribution in [0.1, 0.15) is 113 Å². The van der Waals surface area contributed by atoms with Crippen LogP contribution in [-0.2, 0) is 39.8 Å². The van der Waals surface area contributed by atoms with Gasteiger partial charge in [0, 0.05) is 10.8 Å². The Morgan fingerprint density at radius 2 is 1.02 bits per heavy atom. The number of rotatable bonds is 22. The summed E-state index contributed by atoms with van der Waals surface area (Å²) in [5.41, 5.74) is -2.68. The molecule has 0 aromatic rings. The van der Waals surface area contributed by atoms with Gasteiger partial charge in [0.25, 0.3) is 5.79 Å². The highest BCUT2D eigenvalue weighted by Gasteiger charge is 2.90. The quantitative estimate of drug-likeness (QED) is 0.0555. The molecule has 0 aliphatic heterocycles. The maximum Gasteiger partial charge on any atom is 0.260 e. The van der Waals surface area contributed by atoms with Gasteiger partial charge in [-0.05, 0) is 24.6 Å². The van der Waals surface area contributed by atoms with Crippen LogP contribution in [0.25, 0.3) is 0 Å². The zero-order valence-corrected chi connectivity index (χ0v) is 53.5. The van der Waals surface area contributed by atoms with Crippen LogP contribution in [0.3, 0.4) is 0 Å². The van der Waals surface area contributed by atoms with E-state index >= 15 is 0 Å². The van der Waals surface area contributed by atoms with E-state index in [1.807, 2.05) is 0 Å². The van der Waals surface area contributed by atoms with Crippen molar-refractivity contribution in [1.29, 1.82) is 0 Å². The lowest BCUT2D eigenvalue weighted by Crippen LogP contribution is -2.92. The summed E-state index contributed by atoms with van der Waals surface area (Å²) < 4.78 is 62.6. The minimum Gasteiger partial charge on any atom is -0.552 e. The van der Waals surface area contributed by atoms with Gasteiger partial charge in [-0.2, -0.15) is 0 Å². The average molecular weight is 864 g/mol. The van der Waals surface area contributed by atoms with Crippen molar-refractivity contribution in [1.82, 2.24) is 0 Å². The molecule has 0 amide bonds. The summed E-state index contributed by atoms with van der Waals surface area (Å²) in [4.78, 5) is 0. The van der Waals surface area contributed by atoms with Crippen LogP contribution in [0.5, 0.6) is 0 Å². The Labute approximate surface area is 327 Å². The molecule has 2 unspecified atom stereocenters. The van der Waals surface area contributed by atoms with Crippen LogP contribution < -0.4 is 0 Å². The van der Waals surface area contributed by atoms with Gasteiger partial charge in [0.15, 0.2) is 5.60 Å². The van der Waals surface area contributed by atoms with E-state index in [4.69, 9.17) is 39.8 Å². The number of hydrogen-bond acceptors (Lipinski definition) is 9. The first kappa shape index (κ1) is 48.2. The molecule has 1 saturated carbocycles. The SMILES string of the molecule is CCCCCCCCCCCC1(C)C(C)(C)C(O[SiH3])(O[SiH3])C(O[SiH3])(O[SiH3])C(O[SiH3])(O[SiH3])C1(O[SiH3])C(O[SiH3])=C(O[SiH](C)C)[Si](C)(C)C(C)(C)C. The highest BCUT2D eigenvalue weighted by atomic mass is 28.3. The highest BCUT2D eigenvalue weighted by molar-refractivity contribution is 6.86. The first-order chi connectivity index (χ1) is 22.7. The highest BCUT2D eigenvalue weighted by Crippen LogP contribution is 2.73. The second-order valence-corrected chi connectivity index (χ2v) is 27.2. The molecule has 19 heteroatoms. The summed E-state index contributed by atoms with van der Waals surface area (Å²) in [6.07, 6.45) is 12.0. The monoisotopic (exact) mass is 862 g/mol. The van der Waals surface area contributed by atoms with Gasteiger partial charge in [0.2, 0.25) is 31.1 Å². The number of unbranched alkanes of at least 4 members (excludes halogenated alkanes) is 8. The minimum absolute atomic E-state index is 0.0349. The van der Waals surface area contributed by atoms with Crippen molar-refractivity contribution in [3.8, 4) is 0 Å². The second kappa shape index (κ2) is 19.2. The van der Waals surface area contributed by atoms with Crippen molar-refractivity contribution >= 4 is 101 Å². The fourth-order valence-electron chi connectivity index (χ4n) is 8.74. The van der Waals surface area contributed by atoms with Crippen LogP contribution in [0.15, 0.2) is 11.1 Å². The molecule has 0 bridgehead atoms. The van der Waals surface area contributed by atoms with Crippen molar-refractivity contribution in [2.45, 2.75) is 167 Å². The predicted octanol–water partition coefficient (Wildman–Crippen LogP) is -1.58. The third-order valence-corrected chi connectivity index (χ3v) is 23.3. The number of hydrogen-bond donors (Lipinski definition) is 0. The summed E-state index contributed by atoms with van der Waals surface area (Å²) in [6.45, 7) is 25.4. The molecule has 49 heavy (non-hydrogen) atoms. The maximum absolute atomic E-state index is 7.34. The standard InChI is InChI=1S/C30H78O9Si10/c1-12-13-14-15-16-17-18-19-20-21-26(7)25(5,6)28(34-42,35-43)30(38-46,39-47)29(36-44,37-45)27(26,33-41)22(31-40)23(32-48(8)9)49(10,11)24(2,3)4/h48H,12-21H2,1-11,40-47H3. The van der Waals surface area contributed by atoms with Gasteiger partial charge in [-0.3, -0.25) is 0 Å². The Hall–Kier alpha value is 1.23. The van der Waals surface area contributed by atoms with Crippen molar-refractivity contribution in [2.75, 3.05) is 0 Å². The minimum atomic E-state index is -2.38. The molecule has 1 rings (SSSR count). The van der Waals surface area contributed by atoms with Crippen molar-refractivity contribution < 1.29 is 39.8 Å². The van der Waals surface area contributed by atoms with E-state index in [-0.39, 0.29) is 5.04 Å². The summed E-state index contributed by atoms with van der Waals surface area (Å²) in [7, 11) is -1.09. The molecule has 0 spiro atoms. The third-order valence-electron chi connectivity index (χ3n) is 12.6. The van der Waals surface area contributed by atoms with Gasteiger partial charge in [-0.15, -0.1) is 0 Å². The van der Waals surface area contributed by atoms with Gasteiger partial charge in [-0.1, -0.05) is 119 Å². The summed E-state index contributed by atoms with van der Waals surface area (Å²) in [6, 6.07) is 0. The first-order valence-electron chi connectivity index (χ1n) is 18.6. The Kier molecular flexibility index (Phi) is 18.9. The lowest BCUT2D eigenvalue weighted by molar-refractivity contribution is -0.502. The molecule has 9 nitrogen and oxygen atoms in total. The lowest BCUT2D eigenvalue weighted by atomic mass is 9.43. The first-order valence-corrected chi connectivity index (χ1v) is 30.9. The molecule has 0 saturated heterocycles. The van der Waals surface area contributed by atoms with E-state index < -0.39 is 50.9 Å². The van der Waals surface area contributed by atoms with E-state index in [0.29, 0.717) is 83.9 Å². The van der Waals surface area contributed by atoms with Gasteiger partial charge in [-0.25, -0.2) is 0 Å². The van der Waals surface area contributed by atoms with E-state index in [0.717, 1.165) is 30.4 Å². The van der Waals surface area contributed by atoms with Crippen LogP contribution in [-0.4, -0.2) is 124 Å². The van der Waals surface area contributed by atoms with Crippen LogP contribution >= 0.6 is 0 Å². The molecular formula is C30H78O9Si10. The molecule has 1 fully saturated rings. The Morgan fingerprint density at radius 1 is 0.612 bits per heavy atom. The Balaban J connectivity index is 4.50. The Morgan fingerprint density at radius 3 is 1.35 bits per heavy atom. The molecular weight excluding hydrogens is 785 g/mol. The molecule has 1 aliphatic carbocycles. The normalized spacial score (nSPS) is 31.7. The summed E-state index contributed by atoms with van der Waals surface area (Å²) in [5.74, 6) is -3.67. The van der Waals surface area contributed by atoms with Gasteiger partial charge in [0.1, 0.15) is 87.2 Å². The van der Waals surface area contributed by atoms with Gasteiger partial charge in [0.05, 0.1) is 5.38 Å². The van der Waals surface area contributed by atoms with Crippen molar-refractivity contribution in [3.63, 3.8) is 0 Å². The maximum atomic E-state index is 7.34. The molecule has 0 aromatic carbocycles. The van der Waals surface area contributed by atoms with Gasteiger partial charge >= 0.3 is 0 Å². The fourth-order valence-corrected chi connectivity index (χ4v) is 20.1. The molecule has 292 valence electrons. The average Bonchev–Trinajstić information content (AvgIpc) is 3.05. The van der Waals surface area contributed by atoms with E-state index in [9.17, 15) is 0 Å². The lowest BCUT2D eigenvalue weighted by Gasteiger charge is -2.76. The molecule has 0 heterocycles. The molecule has 2 atom stereocenters. The molecule has 0 N–H and O–H groups in total. The smallest absolute Gasteiger partial charge is 0.260 e. The van der Waals surface area contributed by atoms with E-state index in [1.54, 1.807) is 0 Å². The zero-order valence-electron chi connectivity index (χ0n) is 35.3. The summed E-state index contributed by atoms with van der Waals surface area (Å²) in [5, 5.41) is 0.928. The largest absolute Gasteiger partial charge is 0.552 e. The second-order valence-electron chi connectivity index (χ2n) is 16.4. The molecule has 1 aliphatic rings. The fraction of sp³-hybridized carbons (Fsp3) is 0.933. The van der Waals surface area contributed by atoms with Crippen LogP contribution in [0.2, 0.25) is 31.2 Å². The Bertz CT molecular complexity index is 1050. The van der Waals surface area contributed by atoms with Crippen LogP contribution in [0, 0.1) is 10.8 Å². The van der Waals surface area contributed by atoms with E-state index in [1.165, 1.54) is 44.9 Å². The van der Waals surface area contributed by atoms with E-state index in [2.05, 4.69) is 74.7 Å². The zero-order chi connectivity index (χ0) is 38.2. The third kappa shape index (κ3) is 7.72. The van der Waals surface area contributed by atoms with Crippen LogP contribution in [0.4, 0.5) is 0 Å². The molecule has 0 radical (unpaired) electrons. The van der Waals surface area contributed by atoms with Gasteiger partial charge < -0.3 is 39.8 Å². The topological polar surface area (TPSA) is 83.1 Å². The van der Waals surface area contributed by atoms with Crippen molar-refractivity contribution in [3.05, 3.63) is 11.1 Å². The molecule has 0 aromatic heterocycles.